The maximum Gasteiger partial charge on any atom is -0.00946 e. The number of hydrogen-bond acceptors (Lipinski definition) is 0. The predicted octanol–water partition coefficient (Wildman–Crippen LogP) is 5.80. The maximum atomic E-state index is 2.47. The summed E-state index contributed by atoms with van der Waals surface area (Å²) in [5.74, 6) is 0.687. The van der Waals surface area contributed by atoms with Gasteiger partial charge in [-0.05, 0) is 45.3 Å². The molecule has 0 radical (unpaired) electrons. The van der Waals surface area contributed by atoms with E-state index >= 15 is 0 Å². The van der Waals surface area contributed by atoms with Crippen LogP contribution in [0, 0.1) is 5.41 Å². The van der Waals surface area contributed by atoms with Crippen molar-refractivity contribution in [1.29, 1.82) is 0 Å². The SMILES string of the molecule is CC(C)(C)c1ccc2c(c1)C(C)(C)CC2C(C)(C)C. The third-order valence-electron chi connectivity index (χ3n) is 4.78. The summed E-state index contributed by atoms with van der Waals surface area (Å²) in [6, 6.07) is 7.22. The van der Waals surface area contributed by atoms with Gasteiger partial charge in [0.05, 0.1) is 0 Å². The Kier molecular flexibility index (Phi) is 3.16. The van der Waals surface area contributed by atoms with E-state index in [4.69, 9.17) is 0 Å². The van der Waals surface area contributed by atoms with Crippen molar-refractivity contribution in [3.05, 3.63) is 34.9 Å². The fourth-order valence-corrected chi connectivity index (χ4v) is 3.42. The van der Waals surface area contributed by atoms with Crippen LogP contribution < -0.4 is 0 Å². The van der Waals surface area contributed by atoms with Gasteiger partial charge in [0, 0.05) is 0 Å². The van der Waals surface area contributed by atoms with Crippen LogP contribution in [0.5, 0.6) is 0 Å². The molecule has 1 atom stereocenters. The lowest BCUT2D eigenvalue weighted by molar-refractivity contribution is 0.289. The third-order valence-corrected chi connectivity index (χ3v) is 4.78. The van der Waals surface area contributed by atoms with Crippen LogP contribution in [-0.4, -0.2) is 0 Å². The van der Waals surface area contributed by atoms with E-state index in [1.54, 1.807) is 11.1 Å². The summed E-state index contributed by atoms with van der Waals surface area (Å²) >= 11 is 0. The van der Waals surface area contributed by atoms with E-state index in [1.165, 1.54) is 12.0 Å². The van der Waals surface area contributed by atoms with Gasteiger partial charge in [0.25, 0.3) is 0 Å². The van der Waals surface area contributed by atoms with Crippen LogP contribution in [0.2, 0.25) is 0 Å². The second-order valence-corrected chi connectivity index (χ2v) is 9.06. The van der Waals surface area contributed by atoms with Crippen LogP contribution in [0.25, 0.3) is 0 Å². The van der Waals surface area contributed by atoms with E-state index in [0.717, 1.165) is 0 Å². The number of fused-ring (bicyclic) bond motifs is 1. The van der Waals surface area contributed by atoms with Crippen LogP contribution in [0.1, 0.15) is 84.4 Å². The summed E-state index contributed by atoms with van der Waals surface area (Å²) in [5.41, 5.74) is 5.55. The Morgan fingerprint density at radius 1 is 1.00 bits per heavy atom. The number of benzene rings is 1. The van der Waals surface area contributed by atoms with E-state index < -0.39 is 0 Å². The largest absolute Gasteiger partial charge is 0.0596 e. The zero-order valence-electron chi connectivity index (χ0n) is 14.0. The van der Waals surface area contributed by atoms with Crippen molar-refractivity contribution in [2.24, 2.45) is 5.41 Å². The van der Waals surface area contributed by atoms with Gasteiger partial charge in [0.15, 0.2) is 0 Å². The topological polar surface area (TPSA) is 0 Å². The molecule has 0 N–H and O–H groups in total. The van der Waals surface area contributed by atoms with Gasteiger partial charge >= 0.3 is 0 Å². The predicted molar refractivity (Wildman–Crippen MR) is 85.0 cm³/mol. The van der Waals surface area contributed by atoms with Crippen molar-refractivity contribution < 1.29 is 0 Å². The molecule has 0 fully saturated rings. The lowest BCUT2D eigenvalue weighted by Gasteiger charge is -2.29. The van der Waals surface area contributed by atoms with Crippen LogP contribution in [0.3, 0.4) is 0 Å². The van der Waals surface area contributed by atoms with Crippen molar-refractivity contribution >= 4 is 0 Å². The van der Waals surface area contributed by atoms with Gasteiger partial charge in [-0.2, -0.15) is 0 Å². The van der Waals surface area contributed by atoms with Gasteiger partial charge in [-0.3, -0.25) is 0 Å². The zero-order chi connectivity index (χ0) is 14.6. The number of hydrogen-bond donors (Lipinski definition) is 0. The normalized spacial score (nSPS) is 22.4. The highest BCUT2D eigenvalue weighted by Crippen LogP contribution is 2.53. The molecular formula is C19H30. The average Bonchev–Trinajstić information content (AvgIpc) is 2.49. The summed E-state index contributed by atoms with van der Waals surface area (Å²) in [4.78, 5) is 0. The number of rotatable bonds is 0. The van der Waals surface area contributed by atoms with Gasteiger partial charge in [-0.15, -0.1) is 0 Å². The molecule has 0 bridgehead atoms. The van der Waals surface area contributed by atoms with Gasteiger partial charge in [0.1, 0.15) is 0 Å². The molecule has 1 aromatic carbocycles. The Morgan fingerprint density at radius 2 is 1.58 bits per heavy atom. The summed E-state index contributed by atoms with van der Waals surface area (Å²) in [7, 11) is 0. The molecular weight excluding hydrogens is 228 g/mol. The summed E-state index contributed by atoms with van der Waals surface area (Å²) < 4.78 is 0. The molecule has 106 valence electrons. The highest BCUT2D eigenvalue weighted by Gasteiger charge is 2.42. The highest BCUT2D eigenvalue weighted by atomic mass is 14.5. The van der Waals surface area contributed by atoms with Gasteiger partial charge in [0.2, 0.25) is 0 Å². The van der Waals surface area contributed by atoms with Crippen molar-refractivity contribution in [2.75, 3.05) is 0 Å². The van der Waals surface area contributed by atoms with Crippen molar-refractivity contribution in [2.45, 2.75) is 78.6 Å². The van der Waals surface area contributed by atoms with E-state index in [1.807, 2.05) is 0 Å². The molecule has 0 spiro atoms. The van der Waals surface area contributed by atoms with Crippen molar-refractivity contribution in [1.82, 2.24) is 0 Å². The molecule has 0 heterocycles. The first-order valence-electron chi connectivity index (χ1n) is 7.58. The lowest BCUT2D eigenvalue weighted by Crippen LogP contribution is -2.19. The zero-order valence-corrected chi connectivity index (χ0v) is 14.0. The Hall–Kier alpha value is -0.780. The molecule has 0 heteroatoms. The first-order valence-corrected chi connectivity index (χ1v) is 7.58. The fraction of sp³-hybridized carbons (Fsp3) is 0.684. The molecule has 0 saturated carbocycles. The van der Waals surface area contributed by atoms with E-state index in [0.29, 0.717) is 16.7 Å². The first-order chi connectivity index (χ1) is 8.43. The minimum Gasteiger partial charge on any atom is -0.0596 e. The van der Waals surface area contributed by atoms with E-state index in [-0.39, 0.29) is 5.41 Å². The Labute approximate surface area is 119 Å². The summed E-state index contributed by atoms with van der Waals surface area (Å²) in [5, 5.41) is 0. The second-order valence-electron chi connectivity index (χ2n) is 9.06. The molecule has 1 aromatic rings. The highest BCUT2D eigenvalue weighted by molar-refractivity contribution is 5.46. The Bertz CT molecular complexity index is 478. The molecule has 0 aromatic heterocycles. The monoisotopic (exact) mass is 258 g/mol. The Morgan fingerprint density at radius 3 is 2.05 bits per heavy atom. The second kappa shape index (κ2) is 4.11. The van der Waals surface area contributed by atoms with Gasteiger partial charge in [-0.1, -0.05) is 73.6 Å². The van der Waals surface area contributed by atoms with Crippen LogP contribution in [0.4, 0.5) is 0 Å². The molecule has 1 aliphatic rings. The molecule has 0 amide bonds. The minimum absolute atomic E-state index is 0.241. The van der Waals surface area contributed by atoms with Crippen LogP contribution >= 0.6 is 0 Å². The van der Waals surface area contributed by atoms with Crippen LogP contribution in [0.15, 0.2) is 18.2 Å². The molecule has 0 nitrogen and oxygen atoms in total. The molecule has 2 rings (SSSR count). The van der Waals surface area contributed by atoms with Gasteiger partial charge in [-0.25, -0.2) is 0 Å². The average molecular weight is 258 g/mol. The molecule has 1 aliphatic carbocycles. The standard InChI is InChI=1S/C19H30/c1-17(2,3)13-9-10-14-15(11-13)19(7,8)12-16(14)18(4,5)6/h9-11,16H,12H2,1-8H3. The maximum absolute atomic E-state index is 2.47. The molecule has 19 heavy (non-hydrogen) atoms. The van der Waals surface area contributed by atoms with Crippen LogP contribution in [-0.2, 0) is 10.8 Å². The molecule has 1 unspecified atom stereocenters. The fourth-order valence-electron chi connectivity index (χ4n) is 3.42. The summed E-state index contributed by atoms with van der Waals surface area (Å²) in [6.45, 7) is 18.9. The molecule has 0 saturated heterocycles. The smallest absolute Gasteiger partial charge is 0.00946 e. The van der Waals surface area contributed by atoms with Gasteiger partial charge < -0.3 is 0 Å². The van der Waals surface area contributed by atoms with Crippen molar-refractivity contribution in [3.63, 3.8) is 0 Å². The van der Waals surface area contributed by atoms with E-state index in [2.05, 4.69) is 73.6 Å². The minimum atomic E-state index is 0.241. The van der Waals surface area contributed by atoms with Crippen molar-refractivity contribution in [3.8, 4) is 0 Å². The third kappa shape index (κ3) is 2.59. The first kappa shape index (κ1) is 14.6. The van der Waals surface area contributed by atoms with E-state index in [9.17, 15) is 0 Å². The quantitative estimate of drug-likeness (QED) is 0.552. The molecule has 0 aliphatic heterocycles. The lowest BCUT2D eigenvalue weighted by atomic mass is 9.75. The Balaban J connectivity index is 2.56. The summed E-state index contributed by atoms with van der Waals surface area (Å²) in [6.07, 6.45) is 1.28.